The predicted octanol–water partition coefficient (Wildman–Crippen LogP) is 1.52. The summed E-state index contributed by atoms with van der Waals surface area (Å²) in [5, 5.41) is 3.54. The van der Waals surface area contributed by atoms with Crippen LogP contribution in [0.4, 0.5) is 0 Å². The molecule has 0 radical (unpaired) electrons. The number of carbonyl (C=O) groups excluding carboxylic acids is 2. The number of nitrogens with zero attached hydrogens (tertiary/aromatic N) is 3. The van der Waals surface area contributed by atoms with Gasteiger partial charge < -0.3 is 10.2 Å². The van der Waals surface area contributed by atoms with E-state index in [0.29, 0.717) is 30.4 Å². The molecule has 118 valence electrons. The number of nitrogens with one attached hydrogen (secondary N) is 1. The fraction of sp³-hybridized carbons (Fsp3) is 0.250. The number of benzene rings is 1. The number of carbonyl (C=O) groups is 2. The van der Waals surface area contributed by atoms with Crippen molar-refractivity contribution in [3.05, 3.63) is 59.1 Å². The fourth-order valence-electron chi connectivity index (χ4n) is 2.32. The van der Waals surface area contributed by atoms with Gasteiger partial charge in [0.15, 0.2) is 0 Å². The molecule has 1 aliphatic rings. The Morgan fingerprint density at radius 1 is 1.22 bits per heavy atom. The number of hydrogen-bond acceptors (Lipinski definition) is 4. The molecule has 23 heavy (non-hydrogen) atoms. The molecule has 2 heterocycles. The van der Waals surface area contributed by atoms with E-state index < -0.39 is 0 Å². The Balaban J connectivity index is 1.46. The van der Waals surface area contributed by atoms with E-state index in [1.807, 2.05) is 12.1 Å². The Morgan fingerprint density at radius 2 is 1.96 bits per heavy atom. The maximum absolute atomic E-state index is 12.1. The van der Waals surface area contributed by atoms with Gasteiger partial charge in [0.1, 0.15) is 5.69 Å². The second-order valence-electron chi connectivity index (χ2n) is 5.34. The average Bonchev–Trinajstić information content (AvgIpc) is 2.53. The first kappa shape index (κ1) is 15.4. The highest BCUT2D eigenvalue weighted by Gasteiger charge is 2.36. The third-order valence-corrected chi connectivity index (χ3v) is 3.95. The normalized spacial score (nSPS) is 14.2. The molecule has 1 fully saturated rings. The molecule has 0 unspecified atom stereocenters. The summed E-state index contributed by atoms with van der Waals surface area (Å²) in [6, 6.07) is 7.31. The highest BCUT2D eigenvalue weighted by atomic mass is 35.5. The lowest BCUT2D eigenvalue weighted by molar-refractivity contribution is -0.129. The molecule has 1 saturated heterocycles. The summed E-state index contributed by atoms with van der Waals surface area (Å²) in [6.45, 7) is 1.26. The molecule has 2 amide bonds. The van der Waals surface area contributed by atoms with Crippen molar-refractivity contribution in [3.8, 4) is 0 Å². The van der Waals surface area contributed by atoms with E-state index in [1.165, 1.54) is 18.6 Å². The van der Waals surface area contributed by atoms with Gasteiger partial charge in [-0.05, 0) is 17.7 Å². The summed E-state index contributed by atoms with van der Waals surface area (Å²) in [6.07, 6.45) is 4.42. The van der Waals surface area contributed by atoms with E-state index >= 15 is 0 Å². The van der Waals surface area contributed by atoms with Gasteiger partial charge in [-0.15, -0.1) is 0 Å². The SMILES string of the molecule is O=C(NCc1ccc(Cl)cc1)C1CN(C(=O)c2cnccn2)C1. The second-order valence-corrected chi connectivity index (χ2v) is 5.78. The van der Waals surface area contributed by atoms with Crippen LogP contribution in [0.2, 0.25) is 5.02 Å². The fourth-order valence-corrected chi connectivity index (χ4v) is 2.44. The van der Waals surface area contributed by atoms with Crippen LogP contribution in [0.3, 0.4) is 0 Å². The molecule has 3 rings (SSSR count). The first-order valence-corrected chi connectivity index (χ1v) is 7.59. The average molecular weight is 331 g/mol. The number of rotatable bonds is 4. The van der Waals surface area contributed by atoms with E-state index in [-0.39, 0.29) is 17.7 Å². The third kappa shape index (κ3) is 3.65. The van der Waals surface area contributed by atoms with Crippen LogP contribution in [0.5, 0.6) is 0 Å². The van der Waals surface area contributed by atoms with Gasteiger partial charge in [0.25, 0.3) is 5.91 Å². The van der Waals surface area contributed by atoms with E-state index in [0.717, 1.165) is 5.56 Å². The Hall–Kier alpha value is -2.47. The van der Waals surface area contributed by atoms with Gasteiger partial charge in [-0.1, -0.05) is 23.7 Å². The van der Waals surface area contributed by atoms with E-state index in [1.54, 1.807) is 17.0 Å². The second kappa shape index (κ2) is 6.75. The first-order valence-electron chi connectivity index (χ1n) is 7.21. The highest BCUT2D eigenvalue weighted by Crippen LogP contribution is 2.18. The summed E-state index contributed by atoms with van der Waals surface area (Å²) in [4.78, 5) is 33.6. The van der Waals surface area contributed by atoms with Crippen molar-refractivity contribution in [2.45, 2.75) is 6.54 Å². The summed E-state index contributed by atoms with van der Waals surface area (Å²) in [5.74, 6) is -0.425. The molecule has 1 aliphatic heterocycles. The zero-order valence-corrected chi connectivity index (χ0v) is 13.0. The molecule has 0 atom stereocenters. The monoisotopic (exact) mass is 330 g/mol. The summed E-state index contributed by atoms with van der Waals surface area (Å²) in [7, 11) is 0. The van der Waals surface area contributed by atoms with Gasteiger partial charge in [0, 0.05) is 37.1 Å². The van der Waals surface area contributed by atoms with Crippen molar-refractivity contribution in [1.29, 1.82) is 0 Å². The van der Waals surface area contributed by atoms with Crippen molar-refractivity contribution in [3.63, 3.8) is 0 Å². The molecule has 0 spiro atoms. The number of amides is 2. The van der Waals surface area contributed by atoms with E-state index in [4.69, 9.17) is 11.6 Å². The van der Waals surface area contributed by atoms with Crippen LogP contribution in [-0.4, -0.2) is 39.8 Å². The Kier molecular flexibility index (Phi) is 4.52. The van der Waals surface area contributed by atoms with Crippen LogP contribution in [0.1, 0.15) is 16.1 Å². The first-order chi connectivity index (χ1) is 11.1. The Bertz CT molecular complexity index is 700. The standard InChI is InChI=1S/C16H15ClN4O2/c17-13-3-1-11(2-4-13)7-20-15(22)12-9-21(10-12)16(23)14-8-18-5-6-19-14/h1-6,8,12H,7,9-10H2,(H,20,22). The molecule has 1 aromatic carbocycles. The van der Waals surface area contributed by atoms with E-state index in [2.05, 4.69) is 15.3 Å². The smallest absolute Gasteiger partial charge is 0.274 e. The lowest BCUT2D eigenvalue weighted by Crippen LogP contribution is -2.55. The van der Waals surface area contributed by atoms with Gasteiger partial charge in [0.2, 0.25) is 5.91 Å². The zero-order valence-electron chi connectivity index (χ0n) is 12.3. The molecule has 1 N–H and O–H groups in total. The minimum atomic E-state index is -0.195. The minimum Gasteiger partial charge on any atom is -0.352 e. The summed E-state index contributed by atoms with van der Waals surface area (Å²) in [5.41, 5.74) is 1.28. The van der Waals surface area contributed by atoms with Crippen LogP contribution >= 0.6 is 11.6 Å². The minimum absolute atomic E-state index is 0.0526. The van der Waals surface area contributed by atoms with Gasteiger partial charge in [0.05, 0.1) is 12.1 Å². The molecule has 1 aromatic heterocycles. The molecule has 0 bridgehead atoms. The number of likely N-dealkylation sites (tertiary alicyclic amines) is 1. The molecule has 0 saturated carbocycles. The highest BCUT2D eigenvalue weighted by molar-refractivity contribution is 6.30. The lowest BCUT2D eigenvalue weighted by atomic mass is 9.98. The predicted molar refractivity (Wildman–Crippen MR) is 84.7 cm³/mol. The summed E-state index contributed by atoms with van der Waals surface area (Å²) < 4.78 is 0. The van der Waals surface area contributed by atoms with Crippen molar-refractivity contribution in [2.75, 3.05) is 13.1 Å². The van der Waals surface area contributed by atoms with Gasteiger partial charge in [-0.25, -0.2) is 4.98 Å². The Labute approximate surface area is 138 Å². The van der Waals surface area contributed by atoms with Crippen LogP contribution < -0.4 is 5.32 Å². The van der Waals surface area contributed by atoms with E-state index in [9.17, 15) is 9.59 Å². The molecular formula is C16H15ClN4O2. The van der Waals surface area contributed by atoms with Crippen molar-refractivity contribution < 1.29 is 9.59 Å². The summed E-state index contributed by atoms with van der Waals surface area (Å²) >= 11 is 5.82. The largest absolute Gasteiger partial charge is 0.352 e. The van der Waals surface area contributed by atoms with Crippen molar-refractivity contribution in [1.82, 2.24) is 20.2 Å². The number of hydrogen-bond donors (Lipinski definition) is 1. The van der Waals surface area contributed by atoms with Gasteiger partial charge >= 0.3 is 0 Å². The molecule has 6 nitrogen and oxygen atoms in total. The molecule has 7 heteroatoms. The van der Waals surface area contributed by atoms with Crippen molar-refractivity contribution >= 4 is 23.4 Å². The Morgan fingerprint density at radius 3 is 2.61 bits per heavy atom. The lowest BCUT2D eigenvalue weighted by Gasteiger charge is -2.37. The zero-order chi connectivity index (χ0) is 16.2. The topological polar surface area (TPSA) is 75.2 Å². The quantitative estimate of drug-likeness (QED) is 0.922. The van der Waals surface area contributed by atoms with Crippen LogP contribution in [-0.2, 0) is 11.3 Å². The van der Waals surface area contributed by atoms with Gasteiger partial charge in [-0.2, -0.15) is 0 Å². The molecular weight excluding hydrogens is 316 g/mol. The van der Waals surface area contributed by atoms with Crippen molar-refractivity contribution in [2.24, 2.45) is 5.92 Å². The molecule has 2 aromatic rings. The third-order valence-electron chi connectivity index (χ3n) is 3.70. The van der Waals surface area contributed by atoms with Crippen LogP contribution in [0.25, 0.3) is 0 Å². The maximum atomic E-state index is 12.1. The maximum Gasteiger partial charge on any atom is 0.274 e. The number of aromatic nitrogens is 2. The number of halogens is 1. The van der Waals surface area contributed by atoms with Crippen LogP contribution in [0.15, 0.2) is 42.9 Å². The van der Waals surface area contributed by atoms with Gasteiger partial charge in [-0.3, -0.25) is 14.6 Å². The molecule has 0 aliphatic carbocycles. The van der Waals surface area contributed by atoms with Crippen LogP contribution in [0, 0.1) is 5.92 Å².